The van der Waals surface area contributed by atoms with E-state index in [2.05, 4.69) is 4.57 Å². The van der Waals surface area contributed by atoms with Crippen LogP contribution in [0.1, 0.15) is 30.0 Å². The average molecular weight is 468 g/mol. The Kier molecular flexibility index (Phi) is 6.40. The zero-order valence-electron chi connectivity index (χ0n) is 18.0. The number of halogens is 2. The molecule has 0 aliphatic heterocycles. The van der Waals surface area contributed by atoms with Gasteiger partial charge in [-0.3, -0.25) is 9.36 Å². The number of hydrogen-bond acceptors (Lipinski definition) is 3. The van der Waals surface area contributed by atoms with Gasteiger partial charge in [-0.05, 0) is 68.4 Å². The number of amides is 1. The normalized spacial score (nSPS) is 11.2. The third kappa shape index (κ3) is 4.31. The van der Waals surface area contributed by atoms with Crippen LogP contribution in [0, 0.1) is 0 Å². The Morgan fingerprint density at radius 2 is 1.78 bits per heavy atom. The lowest BCUT2D eigenvalue weighted by Gasteiger charge is -2.27. The molecule has 4 rings (SSSR count). The number of benzene rings is 3. The molecule has 0 atom stereocenters. The fourth-order valence-corrected chi connectivity index (χ4v) is 4.15. The summed E-state index contributed by atoms with van der Waals surface area (Å²) < 4.78 is 7.37. The number of carbonyl (C=O) groups is 1. The maximum atomic E-state index is 13.4. The lowest BCUT2D eigenvalue weighted by Crippen LogP contribution is -2.37. The molecule has 7 heteroatoms. The van der Waals surface area contributed by atoms with Gasteiger partial charge in [0, 0.05) is 16.8 Å². The van der Waals surface area contributed by atoms with E-state index in [4.69, 9.17) is 32.9 Å². The van der Waals surface area contributed by atoms with Gasteiger partial charge < -0.3 is 9.64 Å². The van der Waals surface area contributed by atoms with Gasteiger partial charge in [-0.2, -0.15) is 0 Å². The molecular formula is C25H23Cl2N3O2. The van der Waals surface area contributed by atoms with E-state index in [1.54, 1.807) is 30.2 Å². The quantitative estimate of drug-likeness (QED) is 0.329. The predicted octanol–water partition coefficient (Wildman–Crippen LogP) is 6.39. The van der Waals surface area contributed by atoms with E-state index in [1.807, 2.05) is 62.4 Å². The highest BCUT2D eigenvalue weighted by molar-refractivity contribution is 6.36. The van der Waals surface area contributed by atoms with Crippen molar-refractivity contribution in [3.05, 3.63) is 88.2 Å². The van der Waals surface area contributed by atoms with Crippen molar-refractivity contribution < 1.29 is 9.53 Å². The summed E-state index contributed by atoms with van der Waals surface area (Å²) in [7, 11) is 1.64. The zero-order valence-corrected chi connectivity index (χ0v) is 19.6. The van der Waals surface area contributed by atoms with Crippen molar-refractivity contribution >= 4 is 40.1 Å². The first-order valence-corrected chi connectivity index (χ1v) is 11.0. The molecule has 164 valence electrons. The molecule has 1 heterocycles. The topological polar surface area (TPSA) is 47.4 Å². The Hall–Kier alpha value is -3.02. The van der Waals surface area contributed by atoms with E-state index in [0.717, 1.165) is 28.3 Å². The standard InChI is InChI=1S/C25H23Cl2N3O2/c1-16(2)29(25(31)20-13-8-17(26)14-21(20)27)15-24-28-22-6-4-5-7-23(22)30(24)18-9-11-19(32-3)12-10-18/h4-14,16H,15H2,1-3H3. The van der Waals surface area contributed by atoms with Crippen molar-refractivity contribution in [2.24, 2.45) is 0 Å². The van der Waals surface area contributed by atoms with Crippen LogP contribution < -0.4 is 4.74 Å². The van der Waals surface area contributed by atoms with Crippen LogP contribution in [0.4, 0.5) is 0 Å². The third-order valence-corrected chi connectivity index (χ3v) is 5.87. The smallest absolute Gasteiger partial charge is 0.256 e. The van der Waals surface area contributed by atoms with E-state index in [9.17, 15) is 4.79 Å². The van der Waals surface area contributed by atoms with Gasteiger partial charge in [0.05, 0.1) is 35.3 Å². The summed E-state index contributed by atoms with van der Waals surface area (Å²) in [5.74, 6) is 1.36. The first-order valence-electron chi connectivity index (χ1n) is 10.3. The van der Waals surface area contributed by atoms with Gasteiger partial charge in [-0.15, -0.1) is 0 Å². The number of rotatable bonds is 6. The molecule has 0 unspecified atom stereocenters. The fraction of sp³-hybridized carbons (Fsp3) is 0.200. The van der Waals surface area contributed by atoms with Crippen LogP contribution in [-0.2, 0) is 6.54 Å². The Labute approximate surface area is 197 Å². The Bertz CT molecular complexity index is 1270. The summed E-state index contributed by atoms with van der Waals surface area (Å²) in [6, 6.07) is 20.6. The first kappa shape index (κ1) is 22.2. The molecule has 0 bridgehead atoms. The van der Waals surface area contributed by atoms with Gasteiger partial charge in [0.2, 0.25) is 0 Å². The molecule has 4 aromatic rings. The Morgan fingerprint density at radius 1 is 1.06 bits per heavy atom. The van der Waals surface area contributed by atoms with E-state index in [-0.39, 0.29) is 11.9 Å². The van der Waals surface area contributed by atoms with Gasteiger partial charge in [0.25, 0.3) is 5.91 Å². The molecule has 0 N–H and O–H groups in total. The maximum Gasteiger partial charge on any atom is 0.256 e. The van der Waals surface area contributed by atoms with Crippen molar-refractivity contribution in [1.29, 1.82) is 0 Å². The van der Waals surface area contributed by atoms with Crippen LogP contribution in [0.25, 0.3) is 16.7 Å². The number of ether oxygens (including phenoxy) is 1. The molecule has 3 aromatic carbocycles. The van der Waals surface area contributed by atoms with Crippen LogP contribution in [0.3, 0.4) is 0 Å². The molecule has 32 heavy (non-hydrogen) atoms. The minimum atomic E-state index is -0.171. The molecule has 0 fully saturated rings. The second-order valence-corrected chi connectivity index (χ2v) is 8.54. The average Bonchev–Trinajstić information content (AvgIpc) is 3.15. The van der Waals surface area contributed by atoms with Crippen molar-refractivity contribution in [2.45, 2.75) is 26.4 Å². The van der Waals surface area contributed by atoms with E-state index in [0.29, 0.717) is 22.2 Å². The lowest BCUT2D eigenvalue weighted by atomic mass is 10.1. The molecule has 0 saturated heterocycles. The Morgan fingerprint density at radius 3 is 2.44 bits per heavy atom. The van der Waals surface area contributed by atoms with Gasteiger partial charge in [-0.1, -0.05) is 35.3 Å². The minimum Gasteiger partial charge on any atom is -0.497 e. The van der Waals surface area contributed by atoms with E-state index >= 15 is 0 Å². The number of fused-ring (bicyclic) bond motifs is 1. The van der Waals surface area contributed by atoms with Crippen molar-refractivity contribution in [3.8, 4) is 11.4 Å². The summed E-state index contributed by atoms with van der Waals surface area (Å²) in [5.41, 5.74) is 3.18. The molecule has 0 radical (unpaired) electrons. The molecule has 0 aliphatic carbocycles. The van der Waals surface area contributed by atoms with Crippen LogP contribution in [-0.4, -0.2) is 33.5 Å². The first-order chi connectivity index (χ1) is 15.4. The monoisotopic (exact) mass is 467 g/mol. The number of methoxy groups -OCH3 is 1. The van der Waals surface area contributed by atoms with Gasteiger partial charge in [0.1, 0.15) is 11.6 Å². The summed E-state index contributed by atoms with van der Waals surface area (Å²) in [4.78, 5) is 20.0. The number of para-hydroxylation sites is 2. The summed E-state index contributed by atoms with van der Waals surface area (Å²) >= 11 is 12.3. The van der Waals surface area contributed by atoms with Gasteiger partial charge in [-0.25, -0.2) is 4.98 Å². The van der Waals surface area contributed by atoms with Crippen molar-refractivity contribution in [3.63, 3.8) is 0 Å². The van der Waals surface area contributed by atoms with Crippen molar-refractivity contribution in [2.75, 3.05) is 7.11 Å². The molecule has 0 spiro atoms. The number of hydrogen-bond donors (Lipinski definition) is 0. The number of nitrogens with zero attached hydrogens (tertiary/aromatic N) is 3. The Balaban J connectivity index is 1.78. The van der Waals surface area contributed by atoms with Crippen LogP contribution in [0.5, 0.6) is 5.75 Å². The highest BCUT2D eigenvalue weighted by Gasteiger charge is 2.24. The van der Waals surface area contributed by atoms with Gasteiger partial charge >= 0.3 is 0 Å². The van der Waals surface area contributed by atoms with Crippen molar-refractivity contribution in [1.82, 2.24) is 14.5 Å². The van der Waals surface area contributed by atoms with Gasteiger partial charge in [0.15, 0.2) is 0 Å². The van der Waals surface area contributed by atoms with E-state index < -0.39 is 0 Å². The van der Waals surface area contributed by atoms with E-state index in [1.165, 1.54) is 0 Å². The number of aromatic nitrogens is 2. The largest absolute Gasteiger partial charge is 0.497 e. The third-order valence-electron chi connectivity index (χ3n) is 5.32. The molecule has 0 aliphatic rings. The second-order valence-electron chi connectivity index (χ2n) is 7.70. The molecular weight excluding hydrogens is 445 g/mol. The second kappa shape index (κ2) is 9.23. The molecule has 1 aromatic heterocycles. The summed E-state index contributed by atoms with van der Waals surface area (Å²) in [5, 5.41) is 0.820. The highest BCUT2D eigenvalue weighted by Crippen LogP contribution is 2.27. The predicted molar refractivity (Wildman–Crippen MR) is 129 cm³/mol. The van der Waals surface area contributed by atoms with Crippen LogP contribution >= 0.6 is 23.2 Å². The van der Waals surface area contributed by atoms with Crippen LogP contribution in [0.2, 0.25) is 10.0 Å². The minimum absolute atomic E-state index is 0.0709. The van der Waals surface area contributed by atoms with Crippen LogP contribution in [0.15, 0.2) is 66.7 Å². The molecule has 5 nitrogen and oxygen atoms in total. The fourth-order valence-electron chi connectivity index (χ4n) is 3.66. The highest BCUT2D eigenvalue weighted by atomic mass is 35.5. The zero-order chi connectivity index (χ0) is 22.8. The SMILES string of the molecule is COc1ccc(-n2c(CN(C(=O)c3ccc(Cl)cc3Cl)C(C)C)nc3ccccc32)cc1. The molecule has 0 saturated carbocycles. The molecule has 1 amide bonds. The summed E-state index contributed by atoms with van der Waals surface area (Å²) in [6.07, 6.45) is 0. The number of carbonyl (C=O) groups excluding carboxylic acids is 1. The maximum absolute atomic E-state index is 13.4. The summed E-state index contributed by atoms with van der Waals surface area (Å²) in [6.45, 7) is 4.26. The number of imidazole rings is 1. The lowest BCUT2D eigenvalue weighted by molar-refractivity contribution is 0.0684.